The summed E-state index contributed by atoms with van der Waals surface area (Å²) in [6, 6.07) is 9.67. The first-order valence-corrected chi connectivity index (χ1v) is 8.03. The number of rotatable bonds is 6. The van der Waals surface area contributed by atoms with Crippen LogP contribution in [-0.4, -0.2) is 35.5 Å². The zero-order chi connectivity index (χ0) is 17.7. The van der Waals surface area contributed by atoms with Crippen molar-refractivity contribution in [3.8, 4) is 0 Å². The molecule has 5 nitrogen and oxygen atoms in total. The maximum atomic E-state index is 12.2. The van der Waals surface area contributed by atoms with E-state index in [1.807, 2.05) is 65.0 Å². The Morgan fingerprint density at radius 2 is 1.74 bits per heavy atom. The summed E-state index contributed by atoms with van der Waals surface area (Å²) >= 11 is 0. The largest absolute Gasteiger partial charge is 0.444 e. The van der Waals surface area contributed by atoms with Gasteiger partial charge in [0.25, 0.3) is 0 Å². The molecule has 2 atom stereocenters. The summed E-state index contributed by atoms with van der Waals surface area (Å²) < 4.78 is 5.35. The summed E-state index contributed by atoms with van der Waals surface area (Å²) in [5.41, 5.74) is -0.724. The first kappa shape index (κ1) is 19.5. The molecule has 0 spiro atoms. The van der Waals surface area contributed by atoms with Crippen molar-refractivity contribution < 1.29 is 14.6 Å². The number of hydrogen-bond donors (Lipinski definition) is 3. The minimum atomic E-state index is -0.953. The van der Waals surface area contributed by atoms with Crippen LogP contribution >= 0.6 is 0 Å². The highest BCUT2D eigenvalue weighted by Crippen LogP contribution is 2.25. The summed E-state index contributed by atoms with van der Waals surface area (Å²) in [6.45, 7) is 11.6. The van der Waals surface area contributed by atoms with Crippen molar-refractivity contribution in [2.75, 3.05) is 6.54 Å². The van der Waals surface area contributed by atoms with Gasteiger partial charge in [-0.1, -0.05) is 44.2 Å². The van der Waals surface area contributed by atoms with Gasteiger partial charge in [-0.2, -0.15) is 0 Å². The van der Waals surface area contributed by atoms with E-state index in [0.717, 1.165) is 5.56 Å². The number of carbonyl (C=O) groups excluding carboxylic acids is 1. The summed E-state index contributed by atoms with van der Waals surface area (Å²) in [5, 5.41) is 16.7. The van der Waals surface area contributed by atoms with E-state index in [0.29, 0.717) is 6.54 Å². The number of benzene rings is 1. The number of aliphatic hydroxyl groups excluding tert-OH is 1. The maximum Gasteiger partial charge on any atom is 0.408 e. The third-order valence-corrected chi connectivity index (χ3v) is 3.52. The van der Waals surface area contributed by atoms with Crippen molar-refractivity contribution in [1.82, 2.24) is 10.6 Å². The lowest BCUT2D eigenvalue weighted by molar-refractivity contribution is 0.0239. The summed E-state index contributed by atoms with van der Waals surface area (Å²) in [4.78, 5) is 12.2. The highest BCUT2D eigenvalue weighted by atomic mass is 16.6. The lowest BCUT2D eigenvalue weighted by Crippen LogP contribution is -2.56. The van der Waals surface area contributed by atoms with Crippen LogP contribution in [0.1, 0.15) is 47.1 Å². The lowest BCUT2D eigenvalue weighted by atomic mass is 9.86. The molecule has 0 aliphatic rings. The van der Waals surface area contributed by atoms with Crippen LogP contribution < -0.4 is 10.6 Å². The molecule has 1 rings (SSSR count). The molecule has 0 unspecified atom stereocenters. The van der Waals surface area contributed by atoms with Gasteiger partial charge < -0.3 is 20.5 Å². The van der Waals surface area contributed by atoms with E-state index in [1.165, 1.54) is 0 Å². The molecule has 0 aromatic heterocycles. The van der Waals surface area contributed by atoms with E-state index < -0.39 is 23.3 Å². The van der Waals surface area contributed by atoms with Gasteiger partial charge in [0.2, 0.25) is 0 Å². The molecule has 1 aromatic rings. The van der Waals surface area contributed by atoms with Crippen LogP contribution in [-0.2, 0) is 10.3 Å². The summed E-state index contributed by atoms with van der Waals surface area (Å²) in [5.74, 6) is 0. The Kier molecular flexibility index (Phi) is 6.59. The Hall–Kier alpha value is -1.59. The standard InChI is InChI=1S/C18H30N2O3/c1-13(2)19-12-15(21)18(6,14-10-8-7-9-11-14)20-16(22)23-17(3,4)5/h7-11,13,15,19,21H,12H2,1-6H3,(H,20,22)/t15-,18+/m1/s1. The molecule has 0 saturated heterocycles. The Morgan fingerprint density at radius 1 is 1.17 bits per heavy atom. The predicted octanol–water partition coefficient (Wildman–Crippen LogP) is 2.79. The number of carbonyl (C=O) groups is 1. The number of aliphatic hydroxyl groups is 1. The highest BCUT2D eigenvalue weighted by molar-refractivity contribution is 5.69. The molecule has 1 aromatic carbocycles. The molecule has 23 heavy (non-hydrogen) atoms. The Morgan fingerprint density at radius 3 is 2.22 bits per heavy atom. The first-order valence-electron chi connectivity index (χ1n) is 8.03. The molecule has 0 aliphatic heterocycles. The van der Waals surface area contributed by atoms with Gasteiger partial charge in [-0.25, -0.2) is 4.79 Å². The third-order valence-electron chi connectivity index (χ3n) is 3.52. The van der Waals surface area contributed by atoms with Gasteiger partial charge in [0.05, 0.1) is 11.6 Å². The van der Waals surface area contributed by atoms with Gasteiger partial charge in [0.15, 0.2) is 0 Å². The molecular formula is C18H30N2O3. The molecule has 5 heteroatoms. The van der Waals surface area contributed by atoms with Crippen molar-refractivity contribution in [2.45, 2.75) is 64.8 Å². The molecule has 0 fully saturated rings. The Bertz CT molecular complexity index is 497. The number of amides is 1. The van der Waals surface area contributed by atoms with Crippen molar-refractivity contribution >= 4 is 6.09 Å². The van der Waals surface area contributed by atoms with Gasteiger partial charge in [-0.3, -0.25) is 0 Å². The molecular weight excluding hydrogens is 292 g/mol. The van der Waals surface area contributed by atoms with Crippen LogP contribution in [0.25, 0.3) is 0 Å². The van der Waals surface area contributed by atoms with E-state index in [4.69, 9.17) is 4.74 Å². The fraction of sp³-hybridized carbons (Fsp3) is 0.611. The third kappa shape index (κ3) is 6.20. The quantitative estimate of drug-likeness (QED) is 0.753. The normalized spacial score (nSPS) is 15.8. The minimum Gasteiger partial charge on any atom is -0.444 e. The zero-order valence-electron chi connectivity index (χ0n) is 15.0. The highest BCUT2D eigenvalue weighted by Gasteiger charge is 2.37. The summed E-state index contributed by atoms with van der Waals surface area (Å²) in [6.07, 6.45) is -1.35. The van der Waals surface area contributed by atoms with Crippen molar-refractivity contribution in [3.63, 3.8) is 0 Å². The van der Waals surface area contributed by atoms with Crippen molar-refractivity contribution in [1.29, 1.82) is 0 Å². The van der Waals surface area contributed by atoms with E-state index in [2.05, 4.69) is 10.6 Å². The molecule has 130 valence electrons. The second-order valence-corrected chi connectivity index (χ2v) is 7.27. The predicted molar refractivity (Wildman–Crippen MR) is 92.3 cm³/mol. The molecule has 0 bridgehead atoms. The van der Waals surface area contributed by atoms with Crippen molar-refractivity contribution in [3.05, 3.63) is 35.9 Å². The van der Waals surface area contributed by atoms with Crippen molar-refractivity contribution in [2.24, 2.45) is 0 Å². The monoisotopic (exact) mass is 322 g/mol. The van der Waals surface area contributed by atoms with E-state index in [1.54, 1.807) is 6.92 Å². The first-order chi connectivity index (χ1) is 10.5. The second kappa shape index (κ2) is 7.79. The van der Waals surface area contributed by atoms with Gasteiger partial charge in [-0.05, 0) is 33.3 Å². The van der Waals surface area contributed by atoms with Crippen LogP contribution in [0, 0.1) is 0 Å². The van der Waals surface area contributed by atoms with Crippen LogP contribution in [0.2, 0.25) is 0 Å². The summed E-state index contributed by atoms with van der Waals surface area (Å²) in [7, 11) is 0. The van der Waals surface area contributed by atoms with Crippen LogP contribution in [0.3, 0.4) is 0 Å². The smallest absolute Gasteiger partial charge is 0.408 e. The van der Waals surface area contributed by atoms with Crippen LogP contribution in [0.5, 0.6) is 0 Å². The number of nitrogens with one attached hydrogen (secondary N) is 2. The number of alkyl carbamates (subject to hydrolysis) is 1. The fourth-order valence-corrected chi connectivity index (χ4v) is 2.20. The lowest BCUT2D eigenvalue weighted by Gasteiger charge is -2.37. The number of hydrogen-bond acceptors (Lipinski definition) is 4. The Balaban J connectivity index is 2.99. The topological polar surface area (TPSA) is 70.6 Å². The second-order valence-electron chi connectivity index (χ2n) is 7.27. The van der Waals surface area contributed by atoms with Gasteiger partial charge >= 0.3 is 6.09 Å². The van der Waals surface area contributed by atoms with Gasteiger partial charge in [0, 0.05) is 12.6 Å². The fourth-order valence-electron chi connectivity index (χ4n) is 2.20. The van der Waals surface area contributed by atoms with Crippen LogP contribution in [0.4, 0.5) is 4.79 Å². The SMILES string of the molecule is CC(C)NC[C@@H](O)[C@@](C)(NC(=O)OC(C)(C)C)c1ccccc1. The van der Waals surface area contributed by atoms with E-state index in [9.17, 15) is 9.90 Å². The minimum absolute atomic E-state index is 0.242. The average Bonchev–Trinajstić information content (AvgIpc) is 2.43. The zero-order valence-corrected chi connectivity index (χ0v) is 15.0. The maximum absolute atomic E-state index is 12.2. The Labute approximate surface area is 139 Å². The van der Waals surface area contributed by atoms with E-state index in [-0.39, 0.29) is 6.04 Å². The molecule has 0 aliphatic carbocycles. The van der Waals surface area contributed by atoms with E-state index >= 15 is 0 Å². The molecule has 0 saturated carbocycles. The molecule has 0 heterocycles. The number of ether oxygens (including phenoxy) is 1. The molecule has 1 amide bonds. The molecule has 0 radical (unpaired) electrons. The van der Waals surface area contributed by atoms with Crippen LogP contribution in [0.15, 0.2) is 30.3 Å². The van der Waals surface area contributed by atoms with Gasteiger partial charge in [-0.15, -0.1) is 0 Å². The average molecular weight is 322 g/mol. The van der Waals surface area contributed by atoms with Gasteiger partial charge in [0.1, 0.15) is 5.60 Å². The molecule has 3 N–H and O–H groups in total.